The molecule has 2 bridgehead atoms. The molecule has 0 aromatic carbocycles. The average molecular weight is 541 g/mol. The molecule has 6 heteroatoms. The average Bonchev–Trinajstić information content (AvgIpc) is 3.35. The maximum absolute atomic E-state index is 14.6. The smallest absolute Gasteiger partial charge is 0.318 e. The van der Waals surface area contributed by atoms with Crippen LogP contribution in [0.25, 0.3) is 0 Å². The zero-order valence-corrected chi connectivity index (χ0v) is 24.8. The monoisotopic (exact) mass is 540 g/mol. The van der Waals surface area contributed by atoms with E-state index in [0.717, 1.165) is 32.1 Å². The van der Waals surface area contributed by atoms with Crippen molar-refractivity contribution >= 4 is 23.7 Å². The van der Waals surface area contributed by atoms with E-state index in [1.54, 1.807) is 0 Å². The Kier molecular flexibility index (Phi) is 6.26. The molecule has 216 valence electrons. The molecule has 1 heterocycles. The second-order valence-electron chi connectivity index (χ2n) is 15.5. The Morgan fingerprint density at radius 3 is 2.38 bits per heavy atom. The number of hydrogen-bond donors (Lipinski definition) is 0. The van der Waals surface area contributed by atoms with Crippen molar-refractivity contribution in [2.45, 2.75) is 118 Å². The lowest BCUT2D eigenvalue weighted by molar-refractivity contribution is -0.286. The van der Waals surface area contributed by atoms with E-state index in [1.165, 1.54) is 26.2 Å². The molecule has 0 radical (unpaired) electrons. The number of fused-ring (bicyclic) bond motifs is 2. The fraction of sp³-hybridized carbons (Fsp3) is 0.879. The third-order valence-electron chi connectivity index (χ3n) is 13.5. The van der Waals surface area contributed by atoms with E-state index in [9.17, 15) is 19.2 Å². The van der Waals surface area contributed by atoms with Gasteiger partial charge in [0, 0.05) is 19.3 Å². The van der Waals surface area contributed by atoms with Crippen molar-refractivity contribution in [2.75, 3.05) is 0 Å². The summed E-state index contributed by atoms with van der Waals surface area (Å²) < 4.78 is 11.2. The summed E-state index contributed by atoms with van der Waals surface area (Å²) in [5, 5.41) is 0. The van der Waals surface area contributed by atoms with E-state index in [4.69, 9.17) is 9.47 Å². The number of Topliss-reactive ketones (excluding diaryl/α,β-unsaturated/α-hetero) is 1. The number of rotatable bonds is 6. The molecule has 7 aliphatic rings. The minimum Gasteiger partial charge on any atom is -0.463 e. The molecule has 1 aliphatic heterocycles. The summed E-state index contributed by atoms with van der Waals surface area (Å²) in [6, 6.07) is 0. The van der Waals surface area contributed by atoms with Gasteiger partial charge in [0.15, 0.2) is 0 Å². The maximum Gasteiger partial charge on any atom is 0.318 e. The van der Waals surface area contributed by atoms with Crippen LogP contribution < -0.4 is 0 Å². The topological polar surface area (TPSA) is 86.7 Å². The lowest BCUT2D eigenvalue weighted by Crippen LogP contribution is -2.76. The van der Waals surface area contributed by atoms with E-state index in [2.05, 4.69) is 34.6 Å². The Morgan fingerprint density at radius 1 is 0.974 bits per heavy atom. The normalized spacial score (nSPS) is 48.7. The van der Waals surface area contributed by atoms with E-state index in [0.29, 0.717) is 42.8 Å². The number of esters is 3. The molecule has 11 atom stereocenters. The first-order valence-electron chi connectivity index (χ1n) is 15.8. The molecule has 2 unspecified atom stereocenters. The summed E-state index contributed by atoms with van der Waals surface area (Å²) >= 11 is 0. The van der Waals surface area contributed by atoms with Crippen LogP contribution in [0.15, 0.2) is 0 Å². The predicted molar refractivity (Wildman–Crippen MR) is 145 cm³/mol. The Morgan fingerprint density at radius 2 is 1.69 bits per heavy atom. The molecule has 39 heavy (non-hydrogen) atoms. The van der Waals surface area contributed by atoms with Crippen LogP contribution in [0.1, 0.15) is 112 Å². The van der Waals surface area contributed by atoms with Crippen molar-refractivity contribution in [1.82, 2.24) is 0 Å². The highest BCUT2D eigenvalue weighted by atomic mass is 16.6. The summed E-state index contributed by atoms with van der Waals surface area (Å²) in [5.74, 6) is -0.149. The van der Waals surface area contributed by atoms with Gasteiger partial charge in [-0.2, -0.15) is 0 Å². The molecular formula is C33H48O6. The summed E-state index contributed by atoms with van der Waals surface area (Å²) in [6.45, 7) is 13.0. The van der Waals surface area contributed by atoms with Gasteiger partial charge in [-0.25, -0.2) is 0 Å². The van der Waals surface area contributed by atoms with Gasteiger partial charge in [-0.1, -0.05) is 53.9 Å². The molecule has 7 rings (SSSR count). The van der Waals surface area contributed by atoms with Gasteiger partial charge in [0.1, 0.15) is 11.9 Å². The summed E-state index contributed by atoms with van der Waals surface area (Å²) in [5.41, 5.74) is -1.59. The lowest BCUT2D eigenvalue weighted by Gasteiger charge is -2.76. The van der Waals surface area contributed by atoms with Crippen molar-refractivity contribution in [1.29, 1.82) is 0 Å². The summed E-state index contributed by atoms with van der Waals surface area (Å²) in [4.78, 5) is 53.7. The lowest BCUT2D eigenvalue weighted by atomic mass is 9.25. The van der Waals surface area contributed by atoms with Crippen molar-refractivity contribution in [2.24, 2.45) is 63.1 Å². The van der Waals surface area contributed by atoms with Gasteiger partial charge in [-0.05, 0) is 90.3 Å². The zero-order valence-electron chi connectivity index (χ0n) is 24.8. The number of hydrogen-bond acceptors (Lipinski definition) is 6. The van der Waals surface area contributed by atoms with Crippen LogP contribution in [0.2, 0.25) is 0 Å². The molecule has 0 aromatic heterocycles. The Bertz CT molecular complexity index is 1100. The first-order chi connectivity index (χ1) is 18.3. The number of carbonyl (C=O) groups excluding carboxylic acids is 4. The number of ketones is 1. The molecule has 7 fully saturated rings. The van der Waals surface area contributed by atoms with E-state index < -0.39 is 40.0 Å². The van der Waals surface area contributed by atoms with Gasteiger partial charge in [0.25, 0.3) is 0 Å². The van der Waals surface area contributed by atoms with Crippen molar-refractivity contribution in [3.05, 3.63) is 0 Å². The zero-order chi connectivity index (χ0) is 28.1. The molecule has 6 saturated carbocycles. The molecule has 2 spiro atoms. The fourth-order valence-corrected chi connectivity index (χ4v) is 12.4. The van der Waals surface area contributed by atoms with Gasteiger partial charge >= 0.3 is 17.9 Å². The van der Waals surface area contributed by atoms with E-state index in [1.807, 2.05) is 0 Å². The second-order valence-corrected chi connectivity index (χ2v) is 15.5. The minimum absolute atomic E-state index is 0.149. The maximum atomic E-state index is 14.6. The van der Waals surface area contributed by atoms with Gasteiger partial charge in [-0.15, -0.1) is 0 Å². The van der Waals surface area contributed by atoms with Gasteiger partial charge in [0.2, 0.25) is 0 Å². The molecule has 1 saturated heterocycles. The van der Waals surface area contributed by atoms with Gasteiger partial charge in [0.05, 0.1) is 11.8 Å². The second kappa shape index (κ2) is 8.89. The molecular weight excluding hydrogens is 492 g/mol. The molecule has 0 aromatic rings. The van der Waals surface area contributed by atoms with Crippen LogP contribution in [0, 0.1) is 63.1 Å². The van der Waals surface area contributed by atoms with Crippen molar-refractivity contribution in [3.8, 4) is 0 Å². The third-order valence-corrected chi connectivity index (χ3v) is 13.5. The van der Waals surface area contributed by atoms with Crippen LogP contribution in [0.4, 0.5) is 0 Å². The molecule has 0 N–H and O–H groups in total. The van der Waals surface area contributed by atoms with Crippen molar-refractivity contribution < 1.29 is 28.7 Å². The Hall–Kier alpha value is -1.72. The van der Waals surface area contributed by atoms with Crippen LogP contribution >= 0.6 is 0 Å². The highest BCUT2D eigenvalue weighted by Crippen LogP contribution is 2.83. The van der Waals surface area contributed by atoms with Crippen LogP contribution in [0.5, 0.6) is 0 Å². The standard InChI is InChI=1S/C33H48O6/c1-18(2)8-7-9-19(3)22-10-11-24-30(22,5)17-23(35)27-31(6)13-12-21(38-20(4)34)16-32(31)14-15-33(24,27)26-25(32)28(36)39-29(26)37/h18-19,21-22,24-27H,7-17H2,1-6H3/t19-,21+,22-,24-,25?,26?,27-,30-,31-,32+,33-/m1/s1. The van der Waals surface area contributed by atoms with E-state index in [-0.39, 0.29) is 29.3 Å². The largest absolute Gasteiger partial charge is 0.463 e. The highest BCUT2D eigenvalue weighted by molar-refractivity contribution is 6.00. The minimum atomic E-state index is -0.545. The van der Waals surface area contributed by atoms with Crippen molar-refractivity contribution in [3.63, 3.8) is 0 Å². The Labute approximate surface area is 233 Å². The molecule has 6 nitrogen and oxygen atoms in total. The predicted octanol–water partition coefficient (Wildman–Crippen LogP) is 6.29. The number of ether oxygens (including phenoxy) is 2. The highest BCUT2D eigenvalue weighted by Gasteiger charge is 2.84. The first kappa shape index (κ1) is 27.4. The van der Waals surface area contributed by atoms with Crippen LogP contribution in [0.3, 0.4) is 0 Å². The molecule has 6 aliphatic carbocycles. The fourth-order valence-electron chi connectivity index (χ4n) is 12.4. The summed E-state index contributed by atoms with van der Waals surface area (Å²) in [6.07, 6.45) is 9.65. The third kappa shape index (κ3) is 3.44. The van der Waals surface area contributed by atoms with Gasteiger partial charge in [-0.3, -0.25) is 19.2 Å². The quantitative estimate of drug-likeness (QED) is 0.291. The van der Waals surface area contributed by atoms with E-state index >= 15 is 0 Å². The van der Waals surface area contributed by atoms with Crippen LogP contribution in [-0.2, 0) is 28.7 Å². The SMILES string of the molecule is CC(=O)O[C@H]1CC[C@]2(C)[C@H]3C(=O)C[C@]4(C)[C@@H]([C@H](C)CCCC(C)C)CC[C@H]4[C@@]34CC[C@]2(C1)C1C(=O)OC(=O)C14. The van der Waals surface area contributed by atoms with Crippen LogP contribution in [-0.4, -0.2) is 29.8 Å². The molecule has 0 amide bonds. The number of carbonyl (C=O) groups is 4. The Balaban J connectivity index is 1.42. The van der Waals surface area contributed by atoms with Gasteiger partial charge < -0.3 is 9.47 Å². The number of cyclic esters (lactones) is 2. The summed E-state index contributed by atoms with van der Waals surface area (Å²) in [7, 11) is 0. The first-order valence-corrected chi connectivity index (χ1v) is 15.8.